The van der Waals surface area contributed by atoms with E-state index in [0.29, 0.717) is 17.5 Å². The number of H-pyrrole nitrogens is 1. The summed E-state index contributed by atoms with van der Waals surface area (Å²) in [6.45, 7) is 0. The summed E-state index contributed by atoms with van der Waals surface area (Å²) in [5.74, 6) is -0.166. The van der Waals surface area contributed by atoms with Crippen LogP contribution in [-0.4, -0.2) is 33.3 Å². The van der Waals surface area contributed by atoms with Gasteiger partial charge in [0.1, 0.15) is 5.69 Å². The predicted octanol–water partition coefficient (Wildman–Crippen LogP) is 0.771. The van der Waals surface area contributed by atoms with Crippen molar-refractivity contribution in [2.24, 2.45) is 0 Å². The zero-order valence-electron chi connectivity index (χ0n) is 7.72. The molecular formula is C8H7N3O4. The van der Waals surface area contributed by atoms with Gasteiger partial charge in [0.2, 0.25) is 5.76 Å². The van der Waals surface area contributed by atoms with Gasteiger partial charge < -0.3 is 19.4 Å². The molecular weight excluding hydrogens is 202 g/mol. The third kappa shape index (κ3) is 1.66. The highest BCUT2D eigenvalue weighted by molar-refractivity contribution is 5.85. The van der Waals surface area contributed by atoms with Crippen LogP contribution in [0.1, 0.15) is 10.5 Å². The van der Waals surface area contributed by atoms with E-state index in [4.69, 9.17) is 14.4 Å². The van der Waals surface area contributed by atoms with E-state index in [1.807, 2.05) is 0 Å². The monoisotopic (exact) mass is 209 g/mol. The van der Waals surface area contributed by atoms with E-state index in [1.54, 1.807) is 0 Å². The van der Waals surface area contributed by atoms with Crippen molar-refractivity contribution in [2.75, 3.05) is 7.11 Å². The molecule has 2 aromatic heterocycles. The van der Waals surface area contributed by atoms with Gasteiger partial charge in [0.05, 0.1) is 19.4 Å². The van der Waals surface area contributed by atoms with E-state index < -0.39 is 5.97 Å². The molecule has 0 aliphatic carbocycles. The van der Waals surface area contributed by atoms with Crippen LogP contribution in [0.25, 0.3) is 11.6 Å². The highest BCUT2D eigenvalue weighted by atomic mass is 16.5. The zero-order valence-corrected chi connectivity index (χ0v) is 7.72. The number of aromatic nitrogens is 3. The Hall–Kier alpha value is -2.31. The molecule has 0 fully saturated rings. The molecule has 0 unspecified atom stereocenters. The van der Waals surface area contributed by atoms with Crippen molar-refractivity contribution in [2.45, 2.75) is 0 Å². The number of aromatic carboxylic acids is 1. The minimum absolute atomic E-state index is 0.0135. The number of hydrogen-bond acceptors (Lipinski definition) is 5. The summed E-state index contributed by atoms with van der Waals surface area (Å²) in [5.41, 5.74) is -0.0135. The third-order valence-corrected chi connectivity index (χ3v) is 1.74. The van der Waals surface area contributed by atoms with Crippen LogP contribution in [0.4, 0.5) is 0 Å². The molecule has 15 heavy (non-hydrogen) atoms. The quantitative estimate of drug-likeness (QED) is 0.774. The predicted molar refractivity (Wildman–Crippen MR) is 47.6 cm³/mol. The molecule has 0 spiro atoms. The van der Waals surface area contributed by atoms with Crippen LogP contribution in [0.15, 0.2) is 16.8 Å². The number of imidazole rings is 1. The number of carboxylic acid groups (broad SMARTS) is 1. The van der Waals surface area contributed by atoms with Gasteiger partial charge in [0.25, 0.3) is 5.88 Å². The van der Waals surface area contributed by atoms with E-state index >= 15 is 0 Å². The van der Waals surface area contributed by atoms with Gasteiger partial charge in [-0.15, -0.1) is 0 Å². The summed E-state index contributed by atoms with van der Waals surface area (Å²) < 4.78 is 9.68. The summed E-state index contributed by atoms with van der Waals surface area (Å²) in [6.07, 6.45) is 1.20. The molecule has 0 saturated carbocycles. The van der Waals surface area contributed by atoms with Gasteiger partial charge in [-0.25, -0.2) is 9.78 Å². The Balaban J connectivity index is 2.32. The fourth-order valence-corrected chi connectivity index (χ4v) is 1.02. The van der Waals surface area contributed by atoms with Crippen LogP contribution in [0.3, 0.4) is 0 Å². The zero-order chi connectivity index (χ0) is 10.8. The SMILES string of the molecule is COc1cc(-c2ncc(C(=O)O)[nH]2)on1. The second kappa shape index (κ2) is 3.45. The first-order valence-electron chi connectivity index (χ1n) is 4.00. The Morgan fingerprint density at radius 1 is 1.67 bits per heavy atom. The van der Waals surface area contributed by atoms with Crippen LogP contribution >= 0.6 is 0 Å². The Labute approximate surface area is 83.7 Å². The lowest BCUT2D eigenvalue weighted by Gasteiger charge is -1.86. The molecule has 0 bridgehead atoms. The number of methoxy groups -OCH3 is 1. The standard InChI is InChI=1S/C8H7N3O4/c1-14-6-2-5(15-11-6)7-9-3-4(10-7)8(12)13/h2-3H,1H3,(H,9,10)(H,12,13). The highest BCUT2D eigenvalue weighted by Gasteiger charge is 2.13. The molecule has 0 atom stereocenters. The van der Waals surface area contributed by atoms with Crippen LogP contribution in [-0.2, 0) is 0 Å². The molecule has 0 amide bonds. The maximum Gasteiger partial charge on any atom is 0.353 e. The van der Waals surface area contributed by atoms with Crippen molar-refractivity contribution in [1.29, 1.82) is 0 Å². The number of carboxylic acids is 1. The molecule has 0 radical (unpaired) electrons. The number of hydrogen-bond donors (Lipinski definition) is 2. The summed E-state index contributed by atoms with van der Waals surface area (Å²) in [5, 5.41) is 12.2. The molecule has 2 heterocycles. The van der Waals surface area contributed by atoms with E-state index in [0.717, 1.165) is 0 Å². The number of ether oxygens (including phenoxy) is 1. The van der Waals surface area contributed by atoms with Crippen molar-refractivity contribution in [3.63, 3.8) is 0 Å². The smallest absolute Gasteiger partial charge is 0.353 e. The fourth-order valence-electron chi connectivity index (χ4n) is 1.02. The van der Waals surface area contributed by atoms with Gasteiger partial charge in [0, 0.05) is 0 Å². The third-order valence-electron chi connectivity index (χ3n) is 1.74. The van der Waals surface area contributed by atoms with Crippen LogP contribution < -0.4 is 4.74 Å². The first-order valence-corrected chi connectivity index (χ1v) is 4.00. The fraction of sp³-hybridized carbons (Fsp3) is 0.125. The van der Waals surface area contributed by atoms with Crippen LogP contribution in [0.5, 0.6) is 5.88 Å². The van der Waals surface area contributed by atoms with Crippen molar-refractivity contribution in [1.82, 2.24) is 15.1 Å². The first-order chi connectivity index (χ1) is 7.20. The summed E-state index contributed by atoms with van der Waals surface area (Å²) in [6, 6.07) is 1.50. The van der Waals surface area contributed by atoms with Gasteiger partial charge in [-0.3, -0.25) is 0 Å². The number of rotatable bonds is 3. The van der Waals surface area contributed by atoms with Gasteiger partial charge in [0.15, 0.2) is 5.82 Å². The first kappa shape index (κ1) is 9.25. The second-order valence-electron chi connectivity index (χ2n) is 2.68. The van der Waals surface area contributed by atoms with Crippen LogP contribution in [0.2, 0.25) is 0 Å². The topological polar surface area (TPSA) is 101 Å². The van der Waals surface area contributed by atoms with Crippen molar-refractivity contribution < 1.29 is 19.2 Å². The molecule has 7 nitrogen and oxygen atoms in total. The van der Waals surface area contributed by atoms with E-state index in [1.165, 1.54) is 19.4 Å². The summed E-state index contributed by atoms with van der Waals surface area (Å²) in [4.78, 5) is 17.0. The Morgan fingerprint density at radius 3 is 3.00 bits per heavy atom. The van der Waals surface area contributed by atoms with E-state index in [2.05, 4.69) is 15.1 Å². The van der Waals surface area contributed by atoms with Gasteiger partial charge >= 0.3 is 5.97 Å². The van der Waals surface area contributed by atoms with Crippen molar-refractivity contribution >= 4 is 5.97 Å². The molecule has 78 valence electrons. The number of carbonyl (C=O) groups is 1. The number of nitrogens with one attached hydrogen (secondary N) is 1. The van der Waals surface area contributed by atoms with E-state index in [-0.39, 0.29) is 5.69 Å². The van der Waals surface area contributed by atoms with Crippen molar-refractivity contribution in [3.8, 4) is 17.5 Å². The number of aromatic amines is 1. The lowest BCUT2D eigenvalue weighted by Crippen LogP contribution is -1.95. The average Bonchev–Trinajstić information content (AvgIpc) is 2.86. The second-order valence-corrected chi connectivity index (χ2v) is 2.68. The minimum Gasteiger partial charge on any atom is -0.479 e. The number of nitrogens with zero attached hydrogens (tertiary/aromatic N) is 2. The Morgan fingerprint density at radius 2 is 2.47 bits per heavy atom. The minimum atomic E-state index is -1.08. The maximum absolute atomic E-state index is 10.6. The molecule has 0 saturated heterocycles. The largest absolute Gasteiger partial charge is 0.479 e. The molecule has 2 N–H and O–H groups in total. The lowest BCUT2D eigenvalue weighted by molar-refractivity contribution is 0.0691. The van der Waals surface area contributed by atoms with Gasteiger partial charge in [-0.1, -0.05) is 0 Å². The van der Waals surface area contributed by atoms with Crippen molar-refractivity contribution in [3.05, 3.63) is 18.0 Å². The Bertz CT molecular complexity index is 488. The molecule has 0 aliphatic rings. The lowest BCUT2D eigenvalue weighted by atomic mass is 10.4. The Kier molecular flexibility index (Phi) is 2.13. The average molecular weight is 209 g/mol. The normalized spacial score (nSPS) is 10.2. The van der Waals surface area contributed by atoms with Crippen LogP contribution in [0, 0.1) is 0 Å². The molecule has 2 rings (SSSR count). The molecule has 0 aromatic carbocycles. The molecule has 7 heteroatoms. The van der Waals surface area contributed by atoms with E-state index in [9.17, 15) is 4.79 Å². The maximum atomic E-state index is 10.6. The summed E-state index contributed by atoms with van der Waals surface area (Å²) in [7, 11) is 1.45. The van der Waals surface area contributed by atoms with Gasteiger partial charge in [-0.2, -0.15) is 0 Å². The van der Waals surface area contributed by atoms with Gasteiger partial charge in [-0.05, 0) is 5.16 Å². The summed E-state index contributed by atoms with van der Waals surface area (Å²) >= 11 is 0. The highest BCUT2D eigenvalue weighted by Crippen LogP contribution is 2.20. The molecule has 0 aliphatic heterocycles. The molecule has 2 aromatic rings.